The summed E-state index contributed by atoms with van der Waals surface area (Å²) in [7, 11) is 3.81. The molecule has 0 radical (unpaired) electrons. The van der Waals surface area contributed by atoms with Crippen LogP contribution in [-0.4, -0.2) is 42.7 Å². The molecule has 0 amide bonds. The van der Waals surface area contributed by atoms with E-state index in [0.29, 0.717) is 6.04 Å². The fraction of sp³-hybridized carbons (Fsp3) is 0.308. The number of ether oxygens (including phenoxy) is 1. The fourth-order valence-electron chi connectivity index (χ4n) is 4.92. The summed E-state index contributed by atoms with van der Waals surface area (Å²) in [5, 5.41) is 14.7. The van der Waals surface area contributed by atoms with E-state index in [4.69, 9.17) is 9.84 Å². The van der Waals surface area contributed by atoms with Gasteiger partial charge in [-0.05, 0) is 43.9 Å². The summed E-state index contributed by atoms with van der Waals surface area (Å²) < 4.78 is 10.3. The van der Waals surface area contributed by atoms with E-state index in [1.807, 2.05) is 57.1 Å². The van der Waals surface area contributed by atoms with E-state index in [-0.39, 0.29) is 6.10 Å². The van der Waals surface area contributed by atoms with Gasteiger partial charge in [0.2, 0.25) is 0 Å². The number of fused-ring (bicyclic) bond motifs is 2. The molecule has 1 aliphatic carbocycles. The highest BCUT2D eigenvalue weighted by molar-refractivity contribution is 5.93. The number of nitrogens with zero attached hydrogens (tertiary/aromatic N) is 6. The molecule has 0 unspecified atom stereocenters. The summed E-state index contributed by atoms with van der Waals surface area (Å²) in [6.45, 7) is 0. The summed E-state index contributed by atoms with van der Waals surface area (Å²) >= 11 is 0. The van der Waals surface area contributed by atoms with Crippen molar-refractivity contribution in [2.75, 3.05) is 12.4 Å². The van der Waals surface area contributed by atoms with Crippen molar-refractivity contribution >= 4 is 27.6 Å². The Kier molecular flexibility index (Phi) is 5.13. The zero-order chi connectivity index (χ0) is 23.1. The second-order valence-corrected chi connectivity index (χ2v) is 8.94. The molecule has 0 aliphatic heterocycles. The van der Waals surface area contributed by atoms with Gasteiger partial charge < -0.3 is 10.1 Å². The van der Waals surface area contributed by atoms with Gasteiger partial charge in [0, 0.05) is 61.2 Å². The summed E-state index contributed by atoms with van der Waals surface area (Å²) in [4.78, 5) is 8.99. The van der Waals surface area contributed by atoms with Gasteiger partial charge >= 0.3 is 0 Å². The number of rotatable bonds is 5. The van der Waals surface area contributed by atoms with Gasteiger partial charge in [-0.3, -0.25) is 14.3 Å². The molecule has 4 aromatic heterocycles. The van der Waals surface area contributed by atoms with Gasteiger partial charge in [-0.2, -0.15) is 10.2 Å². The molecule has 8 nitrogen and oxygen atoms in total. The number of aromatic nitrogens is 6. The number of pyridine rings is 2. The van der Waals surface area contributed by atoms with E-state index in [1.165, 1.54) is 0 Å². The van der Waals surface area contributed by atoms with Crippen LogP contribution in [0, 0.1) is 0 Å². The molecule has 0 saturated heterocycles. The first-order valence-electron chi connectivity index (χ1n) is 11.7. The van der Waals surface area contributed by atoms with Gasteiger partial charge in [0.15, 0.2) is 0 Å². The molecule has 34 heavy (non-hydrogen) atoms. The highest BCUT2D eigenvalue weighted by Crippen LogP contribution is 2.36. The minimum atomic E-state index is 0.201. The predicted molar refractivity (Wildman–Crippen MR) is 133 cm³/mol. The van der Waals surface area contributed by atoms with Crippen LogP contribution >= 0.6 is 0 Å². The Labute approximate surface area is 197 Å². The zero-order valence-electron chi connectivity index (χ0n) is 19.3. The maximum absolute atomic E-state index is 6.35. The van der Waals surface area contributed by atoms with Crippen molar-refractivity contribution in [2.45, 2.75) is 37.8 Å². The van der Waals surface area contributed by atoms with Crippen LogP contribution in [0.1, 0.15) is 31.7 Å². The lowest BCUT2D eigenvalue weighted by Crippen LogP contribution is -2.26. The molecule has 1 fully saturated rings. The van der Waals surface area contributed by atoms with E-state index in [1.54, 1.807) is 4.68 Å². The van der Waals surface area contributed by atoms with Crippen molar-refractivity contribution in [3.63, 3.8) is 0 Å². The lowest BCUT2D eigenvalue weighted by molar-refractivity contribution is 0.131. The predicted octanol–water partition coefficient (Wildman–Crippen LogP) is 4.98. The molecule has 0 spiro atoms. The first-order chi connectivity index (χ1) is 16.7. The molecular weight excluding hydrogens is 426 g/mol. The van der Waals surface area contributed by atoms with Gasteiger partial charge in [-0.1, -0.05) is 6.07 Å². The SMILES string of the molecule is CNc1cc2c(cn1)c(-c1cnn(C)c1)nn2C1CCC(Oc2ccc3cccnc3c2)CC1. The highest BCUT2D eigenvalue weighted by Gasteiger charge is 2.27. The second kappa shape index (κ2) is 8.44. The number of benzene rings is 1. The van der Waals surface area contributed by atoms with Crippen molar-refractivity contribution in [2.24, 2.45) is 7.05 Å². The third kappa shape index (κ3) is 3.75. The molecule has 1 saturated carbocycles. The Bertz CT molecular complexity index is 1460. The first-order valence-corrected chi connectivity index (χ1v) is 11.7. The van der Waals surface area contributed by atoms with Crippen molar-refractivity contribution in [1.82, 2.24) is 29.5 Å². The fourth-order valence-corrected chi connectivity index (χ4v) is 4.92. The lowest BCUT2D eigenvalue weighted by atomic mass is 9.93. The van der Waals surface area contributed by atoms with Crippen LogP contribution in [0.3, 0.4) is 0 Å². The largest absolute Gasteiger partial charge is 0.490 e. The topological polar surface area (TPSA) is 82.7 Å². The van der Waals surface area contributed by atoms with Gasteiger partial charge in [-0.25, -0.2) is 4.98 Å². The third-order valence-corrected chi connectivity index (χ3v) is 6.70. The van der Waals surface area contributed by atoms with Crippen LogP contribution in [-0.2, 0) is 7.05 Å². The molecule has 6 rings (SSSR count). The summed E-state index contributed by atoms with van der Waals surface area (Å²) in [5.74, 6) is 1.73. The van der Waals surface area contributed by atoms with Crippen LogP contribution in [0.2, 0.25) is 0 Å². The summed E-state index contributed by atoms with van der Waals surface area (Å²) in [6.07, 6.45) is 11.8. The van der Waals surface area contributed by atoms with Gasteiger partial charge in [0.1, 0.15) is 17.3 Å². The molecule has 8 heteroatoms. The molecule has 0 atom stereocenters. The number of hydrogen-bond acceptors (Lipinski definition) is 6. The van der Waals surface area contributed by atoms with Crippen molar-refractivity contribution < 1.29 is 4.74 Å². The molecule has 172 valence electrons. The molecule has 1 aliphatic rings. The van der Waals surface area contributed by atoms with E-state index in [2.05, 4.69) is 43.3 Å². The van der Waals surface area contributed by atoms with Crippen LogP contribution in [0.15, 0.2) is 61.2 Å². The Balaban J connectivity index is 1.24. The van der Waals surface area contributed by atoms with Crippen LogP contribution in [0.25, 0.3) is 33.1 Å². The second-order valence-electron chi connectivity index (χ2n) is 8.94. The van der Waals surface area contributed by atoms with Crippen molar-refractivity contribution in [3.8, 4) is 17.0 Å². The number of nitrogens with one attached hydrogen (secondary N) is 1. The summed E-state index contributed by atoms with van der Waals surface area (Å²) in [6, 6.07) is 12.6. The average Bonchev–Trinajstić information content (AvgIpc) is 3.47. The quantitative estimate of drug-likeness (QED) is 0.404. The minimum absolute atomic E-state index is 0.201. The van der Waals surface area contributed by atoms with Crippen LogP contribution < -0.4 is 10.1 Å². The Morgan fingerprint density at radius 3 is 2.71 bits per heavy atom. The Hall–Kier alpha value is -3.94. The Morgan fingerprint density at radius 1 is 1.03 bits per heavy atom. The van der Waals surface area contributed by atoms with Crippen molar-refractivity contribution in [1.29, 1.82) is 0 Å². The molecule has 1 N–H and O–H groups in total. The number of aryl methyl sites for hydroxylation is 1. The lowest BCUT2D eigenvalue weighted by Gasteiger charge is -2.29. The van der Waals surface area contributed by atoms with E-state index in [9.17, 15) is 0 Å². The molecule has 5 aromatic rings. The van der Waals surface area contributed by atoms with E-state index < -0.39 is 0 Å². The van der Waals surface area contributed by atoms with Gasteiger partial charge in [0.25, 0.3) is 0 Å². The van der Waals surface area contributed by atoms with Crippen molar-refractivity contribution in [3.05, 3.63) is 61.2 Å². The summed E-state index contributed by atoms with van der Waals surface area (Å²) in [5.41, 5.74) is 4.00. The molecule has 4 heterocycles. The molecule has 1 aromatic carbocycles. The smallest absolute Gasteiger partial charge is 0.127 e. The Morgan fingerprint density at radius 2 is 1.91 bits per heavy atom. The molecular formula is C26H27N7O. The normalized spacial score (nSPS) is 18.4. The maximum atomic E-state index is 6.35. The number of hydrogen-bond donors (Lipinski definition) is 1. The maximum Gasteiger partial charge on any atom is 0.127 e. The van der Waals surface area contributed by atoms with E-state index >= 15 is 0 Å². The average molecular weight is 454 g/mol. The highest BCUT2D eigenvalue weighted by atomic mass is 16.5. The van der Waals surface area contributed by atoms with Gasteiger partial charge in [-0.15, -0.1) is 0 Å². The van der Waals surface area contributed by atoms with E-state index in [0.717, 1.165) is 70.3 Å². The monoisotopic (exact) mass is 453 g/mol. The zero-order valence-corrected chi connectivity index (χ0v) is 19.3. The molecule has 0 bridgehead atoms. The van der Waals surface area contributed by atoms with Crippen LogP contribution in [0.4, 0.5) is 5.82 Å². The minimum Gasteiger partial charge on any atom is -0.490 e. The van der Waals surface area contributed by atoms with Crippen LogP contribution in [0.5, 0.6) is 5.75 Å². The van der Waals surface area contributed by atoms with Gasteiger partial charge in [0.05, 0.1) is 29.4 Å². The third-order valence-electron chi connectivity index (χ3n) is 6.70. The number of anilines is 1. The first kappa shape index (κ1) is 20.7. The standard InChI is InChI=1S/C26H27N7O/c1-27-25-13-24-22(15-29-25)26(18-14-30-32(2)16-18)31-33(24)19-6-9-20(10-7-19)34-21-8-5-17-4-3-11-28-23(17)12-21/h3-5,8,11-16,19-20H,6-7,9-10H2,1-2H3,(H,27,29).